The quantitative estimate of drug-likeness (QED) is 0.738. The van der Waals surface area contributed by atoms with Crippen LogP contribution in [0.5, 0.6) is 0 Å². The van der Waals surface area contributed by atoms with E-state index in [1.54, 1.807) is 28.9 Å². The number of hydrogen-bond donors (Lipinski definition) is 1. The highest BCUT2D eigenvalue weighted by Crippen LogP contribution is 2.29. The number of rotatable bonds is 2. The lowest BCUT2D eigenvalue weighted by atomic mass is 10.1. The van der Waals surface area contributed by atoms with Crippen molar-refractivity contribution in [2.45, 2.75) is 0 Å². The molecule has 2 aromatic carbocycles. The zero-order valence-corrected chi connectivity index (χ0v) is 11.7. The van der Waals surface area contributed by atoms with Gasteiger partial charge in [-0.2, -0.15) is 4.68 Å². The summed E-state index contributed by atoms with van der Waals surface area (Å²) in [6.45, 7) is 0. The van der Waals surface area contributed by atoms with Crippen LogP contribution in [0.1, 0.15) is 0 Å². The molecule has 0 aliphatic rings. The third-order valence-corrected chi connectivity index (χ3v) is 3.36. The van der Waals surface area contributed by atoms with E-state index in [0.29, 0.717) is 32.8 Å². The summed E-state index contributed by atoms with van der Waals surface area (Å²) >= 11 is 12.1. The lowest BCUT2D eigenvalue weighted by molar-refractivity contribution is 0.791. The Labute approximate surface area is 124 Å². The number of aromatic nitrogens is 4. The molecule has 0 atom stereocenters. The Bertz CT molecular complexity index is 769. The fourth-order valence-electron chi connectivity index (χ4n) is 1.88. The highest BCUT2D eigenvalue weighted by Gasteiger charge is 2.15. The molecule has 0 unspecified atom stereocenters. The summed E-state index contributed by atoms with van der Waals surface area (Å²) in [5.74, 6) is 0.507. The zero-order valence-electron chi connectivity index (χ0n) is 10.2. The molecule has 0 amide bonds. The summed E-state index contributed by atoms with van der Waals surface area (Å²) in [7, 11) is 0. The average Bonchev–Trinajstić information content (AvgIpc) is 2.88. The summed E-state index contributed by atoms with van der Waals surface area (Å²) < 4.78 is 1.54. The van der Waals surface area contributed by atoms with Gasteiger partial charge in [-0.25, -0.2) is 0 Å². The van der Waals surface area contributed by atoms with Gasteiger partial charge in [0, 0.05) is 16.3 Å². The molecular weight excluding hydrogens is 297 g/mol. The minimum atomic E-state index is 0.501. The van der Waals surface area contributed by atoms with E-state index in [1.165, 1.54) is 0 Å². The average molecular weight is 306 g/mol. The van der Waals surface area contributed by atoms with Gasteiger partial charge < -0.3 is 5.73 Å². The second-order valence-corrected chi connectivity index (χ2v) is 4.94. The molecule has 100 valence electrons. The number of benzene rings is 2. The number of para-hydroxylation sites is 1. The highest BCUT2D eigenvalue weighted by atomic mass is 35.5. The first-order valence-electron chi connectivity index (χ1n) is 5.75. The van der Waals surface area contributed by atoms with Crippen LogP contribution in [0, 0.1) is 0 Å². The van der Waals surface area contributed by atoms with Gasteiger partial charge in [0.25, 0.3) is 0 Å². The number of nitrogen functional groups attached to an aromatic ring is 1. The molecular formula is C13H9Cl2N5. The molecule has 2 N–H and O–H groups in total. The van der Waals surface area contributed by atoms with Crippen LogP contribution < -0.4 is 5.73 Å². The van der Waals surface area contributed by atoms with Crippen molar-refractivity contribution in [3.63, 3.8) is 0 Å². The van der Waals surface area contributed by atoms with Crippen molar-refractivity contribution in [3.05, 3.63) is 52.5 Å². The van der Waals surface area contributed by atoms with Gasteiger partial charge in [-0.1, -0.05) is 35.3 Å². The Kier molecular flexibility index (Phi) is 3.30. The number of tetrazole rings is 1. The van der Waals surface area contributed by atoms with Gasteiger partial charge in [-0.05, 0) is 40.8 Å². The minimum absolute atomic E-state index is 0.501. The molecule has 1 aromatic heterocycles. The van der Waals surface area contributed by atoms with E-state index in [2.05, 4.69) is 15.5 Å². The first-order chi connectivity index (χ1) is 9.66. The number of nitrogens with two attached hydrogens (primary N) is 1. The Morgan fingerprint density at radius 1 is 1.05 bits per heavy atom. The van der Waals surface area contributed by atoms with Crippen LogP contribution in [-0.2, 0) is 0 Å². The van der Waals surface area contributed by atoms with Crippen LogP contribution in [0.4, 0.5) is 5.69 Å². The standard InChI is InChI=1S/C13H9Cl2N5/c14-8-5-6-9(11(16)7-8)13-17-18-19-20(13)12-4-2-1-3-10(12)15/h1-7H,16H2. The van der Waals surface area contributed by atoms with Crippen molar-refractivity contribution in [1.82, 2.24) is 20.2 Å². The van der Waals surface area contributed by atoms with E-state index >= 15 is 0 Å². The molecule has 0 aliphatic heterocycles. The molecule has 20 heavy (non-hydrogen) atoms. The Morgan fingerprint density at radius 3 is 2.60 bits per heavy atom. The van der Waals surface area contributed by atoms with E-state index in [9.17, 15) is 0 Å². The van der Waals surface area contributed by atoms with Gasteiger partial charge in [0.1, 0.15) is 0 Å². The predicted molar refractivity (Wildman–Crippen MR) is 79.0 cm³/mol. The molecule has 0 saturated heterocycles. The van der Waals surface area contributed by atoms with Crippen LogP contribution in [0.3, 0.4) is 0 Å². The molecule has 0 bridgehead atoms. The van der Waals surface area contributed by atoms with Crippen molar-refractivity contribution < 1.29 is 0 Å². The Balaban J connectivity index is 2.18. The van der Waals surface area contributed by atoms with Crippen LogP contribution >= 0.6 is 23.2 Å². The number of nitrogens with zero attached hydrogens (tertiary/aromatic N) is 4. The largest absolute Gasteiger partial charge is 0.398 e. The second-order valence-electron chi connectivity index (χ2n) is 4.10. The van der Waals surface area contributed by atoms with Crippen LogP contribution in [-0.4, -0.2) is 20.2 Å². The van der Waals surface area contributed by atoms with E-state index < -0.39 is 0 Å². The molecule has 0 saturated carbocycles. The summed E-state index contributed by atoms with van der Waals surface area (Å²) in [5, 5.41) is 12.8. The van der Waals surface area contributed by atoms with E-state index in [0.717, 1.165) is 0 Å². The molecule has 0 aliphatic carbocycles. The van der Waals surface area contributed by atoms with Crippen LogP contribution in [0.25, 0.3) is 17.1 Å². The van der Waals surface area contributed by atoms with Gasteiger partial charge in [-0.3, -0.25) is 0 Å². The highest BCUT2D eigenvalue weighted by molar-refractivity contribution is 6.32. The molecule has 0 fully saturated rings. The second kappa shape index (κ2) is 5.11. The first-order valence-corrected chi connectivity index (χ1v) is 6.51. The topological polar surface area (TPSA) is 69.6 Å². The third-order valence-electron chi connectivity index (χ3n) is 2.80. The minimum Gasteiger partial charge on any atom is -0.398 e. The smallest absolute Gasteiger partial charge is 0.189 e. The first kappa shape index (κ1) is 12.9. The fraction of sp³-hybridized carbons (Fsp3) is 0. The molecule has 3 aromatic rings. The SMILES string of the molecule is Nc1cc(Cl)ccc1-c1nnnn1-c1ccccc1Cl. The lowest BCUT2D eigenvalue weighted by Gasteiger charge is -2.08. The molecule has 5 nitrogen and oxygen atoms in total. The van der Waals surface area contributed by atoms with Gasteiger partial charge in [-0.15, -0.1) is 5.10 Å². The summed E-state index contributed by atoms with van der Waals surface area (Å²) in [6.07, 6.45) is 0. The van der Waals surface area contributed by atoms with Crippen LogP contribution in [0.2, 0.25) is 10.0 Å². The summed E-state index contributed by atoms with van der Waals surface area (Å²) in [6, 6.07) is 12.5. The van der Waals surface area contributed by atoms with Crippen molar-refractivity contribution in [2.75, 3.05) is 5.73 Å². The van der Waals surface area contributed by atoms with Gasteiger partial charge in [0.15, 0.2) is 5.82 Å². The van der Waals surface area contributed by atoms with Gasteiger partial charge in [0.2, 0.25) is 0 Å². The summed E-state index contributed by atoms with van der Waals surface area (Å²) in [5.41, 5.74) is 7.85. The maximum Gasteiger partial charge on any atom is 0.189 e. The molecule has 0 radical (unpaired) electrons. The monoisotopic (exact) mass is 305 g/mol. The van der Waals surface area contributed by atoms with Crippen molar-refractivity contribution in [1.29, 1.82) is 0 Å². The molecule has 3 rings (SSSR count). The van der Waals surface area contributed by atoms with Crippen molar-refractivity contribution in [2.24, 2.45) is 0 Å². The maximum absolute atomic E-state index is 6.17. The fourth-order valence-corrected chi connectivity index (χ4v) is 2.27. The van der Waals surface area contributed by atoms with Crippen molar-refractivity contribution >= 4 is 28.9 Å². The van der Waals surface area contributed by atoms with E-state index in [-0.39, 0.29) is 0 Å². The van der Waals surface area contributed by atoms with Gasteiger partial charge >= 0.3 is 0 Å². The predicted octanol–water partition coefficient (Wildman–Crippen LogP) is 3.22. The third kappa shape index (κ3) is 2.21. The zero-order chi connectivity index (χ0) is 14.1. The Hall–Kier alpha value is -2.11. The molecule has 1 heterocycles. The molecule has 7 heteroatoms. The van der Waals surface area contributed by atoms with Gasteiger partial charge in [0.05, 0.1) is 10.7 Å². The van der Waals surface area contributed by atoms with Crippen molar-refractivity contribution in [3.8, 4) is 17.1 Å². The number of halogens is 2. The lowest BCUT2D eigenvalue weighted by Crippen LogP contribution is -2.02. The summed E-state index contributed by atoms with van der Waals surface area (Å²) in [4.78, 5) is 0. The van der Waals surface area contributed by atoms with E-state index in [1.807, 2.05) is 18.2 Å². The molecule has 0 spiro atoms. The number of anilines is 1. The van der Waals surface area contributed by atoms with E-state index in [4.69, 9.17) is 28.9 Å². The Morgan fingerprint density at radius 2 is 1.85 bits per heavy atom. The maximum atomic E-state index is 6.17. The normalized spacial score (nSPS) is 10.7. The number of hydrogen-bond acceptors (Lipinski definition) is 4. The van der Waals surface area contributed by atoms with Crippen LogP contribution in [0.15, 0.2) is 42.5 Å².